The average Bonchev–Trinajstić information content (AvgIpc) is 3.51. The number of phenolic OH excluding ortho intramolecular Hbond substituents is 1. The van der Waals surface area contributed by atoms with Gasteiger partial charge in [0.25, 0.3) is 0 Å². The van der Waals surface area contributed by atoms with Crippen LogP contribution < -0.4 is 5.32 Å². The van der Waals surface area contributed by atoms with Crippen LogP contribution in [0.25, 0.3) is 56.0 Å². The van der Waals surface area contributed by atoms with Gasteiger partial charge >= 0.3 is 0 Å². The van der Waals surface area contributed by atoms with Gasteiger partial charge in [0, 0.05) is 29.6 Å². The fourth-order valence-electron chi connectivity index (χ4n) is 4.35. The minimum absolute atomic E-state index is 0.147. The van der Waals surface area contributed by atoms with Gasteiger partial charge in [0.15, 0.2) is 11.5 Å². The molecule has 5 aromatic heterocycles. The van der Waals surface area contributed by atoms with E-state index in [1.54, 1.807) is 29.7 Å². The summed E-state index contributed by atoms with van der Waals surface area (Å²) in [4.78, 5) is 35.2. The number of aromatic hydroxyl groups is 1. The summed E-state index contributed by atoms with van der Waals surface area (Å²) in [5.74, 6) is -0.461. The van der Waals surface area contributed by atoms with Crippen molar-refractivity contribution in [1.82, 2.24) is 40.0 Å². The SMILES string of the molecule is CN(C)CC(=O)Nc1cncc(-c2ccc3[nH]nc(-c4nc5c(-c6cc(O)cc(F)c6)cncc5[nH]4)c3n2)c1. The first kappa shape index (κ1) is 24.1. The summed E-state index contributed by atoms with van der Waals surface area (Å²) in [6, 6.07) is 9.31. The van der Waals surface area contributed by atoms with Gasteiger partial charge < -0.3 is 20.3 Å². The maximum Gasteiger partial charge on any atom is 0.238 e. The number of aromatic nitrogens is 7. The van der Waals surface area contributed by atoms with Crippen LogP contribution in [0.5, 0.6) is 5.75 Å². The van der Waals surface area contributed by atoms with Crippen molar-refractivity contribution in [2.75, 3.05) is 26.0 Å². The van der Waals surface area contributed by atoms with Crippen LogP contribution in [0.1, 0.15) is 0 Å². The number of fused-ring (bicyclic) bond motifs is 2. The molecule has 194 valence electrons. The summed E-state index contributed by atoms with van der Waals surface area (Å²) in [6.07, 6.45) is 6.43. The third-order valence-electron chi connectivity index (χ3n) is 6.00. The molecule has 0 unspecified atom stereocenters. The molecule has 1 aromatic carbocycles. The highest BCUT2D eigenvalue weighted by Crippen LogP contribution is 2.33. The molecule has 6 aromatic rings. The van der Waals surface area contributed by atoms with Gasteiger partial charge in [-0.1, -0.05) is 0 Å². The average molecular weight is 524 g/mol. The Morgan fingerprint density at radius 1 is 0.974 bits per heavy atom. The summed E-state index contributed by atoms with van der Waals surface area (Å²) < 4.78 is 14.0. The first-order valence-electron chi connectivity index (χ1n) is 11.9. The van der Waals surface area contributed by atoms with E-state index < -0.39 is 5.82 Å². The molecule has 6 rings (SSSR count). The van der Waals surface area contributed by atoms with Crippen molar-refractivity contribution in [2.24, 2.45) is 0 Å². The minimum Gasteiger partial charge on any atom is -0.508 e. The third kappa shape index (κ3) is 4.76. The van der Waals surface area contributed by atoms with E-state index in [4.69, 9.17) is 9.97 Å². The number of aromatic amines is 2. The van der Waals surface area contributed by atoms with Crippen molar-refractivity contribution < 1.29 is 14.3 Å². The van der Waals surface area contributed by atoms with Crippen LogP contribution in [0.3, 0.4) is 0 Å². The number of hydrogen-bond acceptors (Lipinski definition) is 8. The molecule has 0 aliphatic carbocycles. The molecular formula is C27H22FN9O2. The summed E-state index contributed by atoms with van der Waals surface area (Å²) in [5.41, 5.74) is 5.83. The lowest BCUT2D eigenvalue weighted by atomic mass is 10.1. The zero-order valence-corrected chi connectivity index (χ0v) is 20.9. The lowest BCUT2D eigenvalue weighted by Gasteiger charge is -2.10. The number of imidazole rings is 1. The lowest BCUT2D eigenvalue weighted by molar-refractivity contribution is -0.116. The molecule has 0 saturated carbocycles. The van der Waals surface area contributed by atoms with E-state index >= 15 is 0 Å². The van der Waals surface area contributed by atoms with Crippen molar-refractivity contribution in [2.45, 2.75) is 0 Å². The van der Waals surface area contributed by atoms with Crippen molar-refractivity contribution in [1.29, 1.82) is 0 Å². The number of rotatable bonds is 6. The zero-order chi connectivity index (χ0) is 27.1. The smallest absolute Gasteiger partial charge is 0.238 e. The van der Waals surface area contributed by atoms with E-state index in [2.05, 4.69) is 30.5 Å². The van der Waals surface area contributed by atoms with Crippen molar-refractivity contribution in [3.05, 3.63) is 67.0 Å². The van der Waals surface area contributed by atoms with Crippen LogP contribution >= 0.6 is 0 Å². The molecule has 12 heteroatoms. The molecule has 11 nitrogen and oxygen atoms in total. The van der Waals surface area contributed by atoms with Gasteiger partial charge in [-0.05, 0) is 50.0 Å². The van der Waals surface area contributed by atoms with Gasteiger partial charge in [-0.3, -0.25) is 19.9 Å². The molecule has 5 heterocycles. The molecule has 0 aliphatic rings. The van der Waals surface area contributed by atoms with E-state index in [-0.39, 0.29) is 18.2 Å². The molecule has 0 fully saturated rings. The normalized spacial score (nSPS) is 11.5. The van der Waals surface area contributed by atoms with Crippen LogP contribution in [0.4, 0.5) is 10.1 Å². The highest BCUT2D eigenvalue weighted by molar-refractivity contribution is 5.96. The summed E-state index contributed by atoms with van der Waals surface area (Å²) in [5, 5.41) is 20.1. The molecule has 4 N–H and O–H groups in total. The maximum atomic E-state index is 14.0. The van der Waals surface area contributed by atoms with Crippen LogP contribution in [0, 0.1) is 5.82 Å². The van der Waals surface area contributed by atoms with Gasteiger partial charge in [0.1, 0.15) is 17.1 Å². The number of hydrogen-bond donors (Lipinski definition) is 4. The zero-order valence-electron chi connectivity index (χ0n) is 20.9. The van der Waals surface area contributed by atoms with Crippen molar-refractivity contribution in [3.8, 4) is 39.7 Å². The first-order chi connectivity index (χ1) is 18.8. The second kappa shape index (κ2) is 9.58. The fraction of sp³-hybridized carbons (Fsp3) is 0.111. The van der Waals surface area contributed by atoms with Crippen LogP contribution in [0.2, 0.25) is 0 Å². The Hall–Kier alpha value is -5.23. The van der Waals surface area contributed by atoms with Crippen molar-refractivity contribution >= 4 is 33.7 Å². The highest BCUT2D eigenvalue weighted by Gasteiger charge is 2.18. The molecule has 1 amide bonds. The Kier molecular flexibility index (Phi) is 5.92. The predicted octanol–water partition coefficient (Wildman–Crippen LogP) is 3.97. The maximum absolute atomic E-state index is 14.0. The predicted molar refractivity (Wildman–Crippen MR) is 144 cm³/mol. The van der Waals surface area contributed by atoms with Crippen LogP contribution in [-0.2, 0) is 4.79 Å². The highest BCUT2D eigenvalue weighted by atomic mass is 19.1. The first-order valence-corrected chi connectivity index (χ1v) is 11.9. The number of likely N-dealkylation sites (N-methyl/N-ethyl adjacent to an activating group) is 1. The van der Waals surface area contributed by atoms with E-state index in [0.29, 0.717) is 61.7 Å². The molecular weight excluding hydrogens is 501 g/mol. The monoisotopic (exact) mass is 523 g/mol. The number of H-pyrrole nitrogens is 2. The Balaban J connectivity index is 1.39. The van der Waals surface area contributed by atoms with Gasteiger partial charge in [0.05, 0.1) is 46.9 Å². The van der Waals surface area contributed by atoms with Gasteiger partial charge in [-0.25, -0.2) is 14.4 Å². The fourth-order valence-corrected chi connectivity index (χ4v) is 4.35. The Morgan fingerprint density at radius 2 is 1.82 bits per heavy atom. The number of benzene rings is 1. The number of nitrogens with one attached hydrogen (secondary N) is 3. The molecule has 0 atom stereocenters. The minimum atomic E-state index is -0.566. The quantitative estimate of drug-likeness (QED) is 0.256. The molecule has 0 saturated heterocycles. The molecule has 39 heavy (non-hydrogen) atoms. The van der Waals surface area contributed by atoms with E-state index in [9.17, 15) is 14.3 Å². The summed E-state index contributed by atoms with van der Waals surface area (Å²) >= 11 is 0. The second-order valence-corrected chi connectivity index (χ2v) is 9.28. The number of nitrogens with zero attached hydrogens (tertiary/aromatic N) is 6. The molecule has 0 radical (unpaired) electrons. The third-order valence-corrected chi connectivity index (χ3v) is 6.00. The van der Waals surface area contributed by atoms with Gasteiger partial charge in [0.2, 0.25) is 5.91 Å². The number of anilines is 1. The summed E-state index contributed by atoms with van der Waals surface area (Å²) in [6.45, 7) is 0.252. The lowest BCUT2D eigenvalue weighted by Crippen LogP contribution is -2.27. The Morgan fingerprint density at radius 3 is 2.64 bits per heavy atom. The molecule has 0 bridgehead atoms. The van der Waals surface area contributed by atoms with Crippen LogP contribution in [-0.4, -0.2) is 71.7 Å². The van der Waals surface area contributed by atoms with Crippen molar-refractivity contribution in [3.63, 3.8) is 0 Å². The second-order valence-electron chi connectivity index (χ2n) is 9.28. The van der Waals surface area contributed by atoms with E-state index in [1.165, 1.54) is 12.1 Å². The van der Waals surface area contributed by atoms with E-state index in [0.717, 1.165) is 6.07 Å². The Bertz CT molecular complexity index is 1840. The topological polar surface area (TPSA) is 149 Å². The number of halogens is 1. The van der Waals surface area contributed by atoms with Gasteiger partial charge in [-0.15, -0.1) is 0 Å². The number of phenols is 1. The Labute approximate surface area is 220 Å². The number of carbonyl (C=O) groups is 1. The standard InChI is InChI=1S/C27H22FN9O2/c1-37(2)13-23(39)31-17-6-15(9-29-10-17)20-3-4-21-25(32-20)26(36-35-21)27-33-22-12-30-11-19(24(22)34-27)14-5-16(28)8-18(38)7-14/h3-12,38H,13H2,1-2H3,(H,31,39)(H,33,34)(H,35,36). The van der Waals surface area contributed by atoms with E-state index in [1.807, 2.05) is 32.3 Å². The van der Waals surface area contributed by atoms with Crippen LogP contribution in [0.15, 0.2) is 61.2 Å². The summed E-state index contributed by atoms with van der Waals surface area (Å²) in [7, 11) is 3.64. The largest absolute Gasteiger partial charge is 0.508 e. The van der Waals surface area contributed by atoms with Gasteiger partial charge in [-0.2, -0.15) is 5.10 Å². The number of amides is 1. The number of carbonyl (C=O) groups excluding carboxylic acids is 1. The molecule has 0 spiro atoms. The molecule has 0 aliphatic heterocycles. The number of pyridine rings is 3.